The van der Waals surface area contributed by atoms with Gasteiger partial charge in [0, 0.05) is 18.1 Å². The fraction of sp³-hybridized carbons (Fsp3) is 0.200. The van der Waals surface area contributed by atoms with Crippen LogP contribution in [0.25, 0.3) is 0 Å². The van der Waals surface area contributed by atoms with E-state index in [1.54, 1.807) is 6.92 Å². The van der Waals surface area contributed by atoms with Gasteiger partial charge in [0.15, 0.2) is 0 Å². The maximum absolute atomic E-state index is 12.7. The highest BCUT2D eigenvalue weighted by molar-refractivity contribution is 7.89. The Labute approximate surface area is 147 Å². The van der Waals surface area contributed by atoms with Crippen LogP contribution in [0, 0.1) is 0 Å². The summed E-state index contributed by atoms with van der Waals surface area (Å²) in [7, 11) is -6.03. The second kappa shape index (κ2) is 6.81. The minimum Gasteiger partial charge on any atom is -0.225 e. The summed E-state index contributed by atoms with van der Waals surface area (Å²) in [6.45, 7) is 1.71. The second-order valence-corrected chi connectivity index (χ2v) is 9.26. The van der Waals surface area contributed by atoms with Gasteiger partial charge in [-0.3, -0.25) is 0 Å². The molecule has 1 atom stereocenters. The molecule has 0 radical (unpaired) electrons. The number of halogens is 1. The standard InChI is InChI=1S/C15H17ClN2O4S2/c1-11(12-3-7-14(8-4-12)23(17,19)20)18(2)24(21,22)15-9-5-13(16)6-10-15/h3-11H,1-2H3,(H2,17,19,20)/t11-/m1/s1. The van der Waals surface area contributed by atoms with E-state index in [-0.39, 0.29) is 9.79 Å². The molecule has 0 saturated heterocycles. The lowest BCUT2D eigenvalue weighted by Crippen LogP contribution is -2.29. The summed E-state index contributed by atoms with van der Waals surface area (Å²) in [6, 6.07) is 11.2. The molecule has 24 heavy (non-hydrogen) atoms. The summed E-state index contributed by atoms with van der Waals surface area (Å²) < 4.78 is 49.1. The van der Waals surface area contributed by atoms with Crippen molar-refractivity contribution in [2.75, 3.05) is 7.05 Å². The zero-order valence-corrected chi connectivity index (χ0v) is 15.4. The summed E-state index contributed by atoms with van der Waals surface area (Å²) in [5.74, 6) is 0. The van der Waals surface area contributed by atoms with E-state index >= 15 is 0 Å². The van der Waals surface area contributed by atoms with E-state index in [2.05, 4.69) is 0 Å². The molecule has 0 amide bonds. The number of hydrogen-bond donors (Lipinski definition) is 1. The molecule has 2 aromatic rings. The van der Waals surface area contributed by atoms with Crippen LogP contribution in [0.15, 0.2) is 58.3 Å². The van der Waals surface area contributed by atoms with Crippen molar-refractivity contribution in [3.05, 3.63) is 59.1 Å². The lowest BCUT2D eigenvalue weighted by atomic mass is 10.1. The number of sulfonamides is 2. The van der Waals surface area contributed by atoms with Gasteiger partial charge < -0.3 is 0 Å². The first-order valence-electron chi connectivity index (χ1n) is 6.90. The Kier molecular flexibility index (Phi) is 5.36. The average molecular weight is 389 g/mol. The first kappa shape index (κ1) is 18.9. The first-order valence-corrected chi connectivity index (χ1v) is 10.3. The highest BCUT2D eigenvalue weighted by Gasteiger charge is 2.26. The molecule has 0 aliphatic rings. The normalized spacial score (nSPS) is 13.9. The zero-order valence-electron chi connectivity index (χ0n) is 13.0. The molecule has 0 aromatic heterocycles. The van der Waals surface area contributed by atoms with Gasteiger partial charge >= 0.3 is 0 Å². The smallest absolute Gasteiger partial charge is 0.225 e. The third kappa shape index (κ3) is 3.96. The van der Waals surface area contributed by atoms with Gasteiger partial charge in [0.2, 0.25) is 20.0 Å². The summed E-state index contributed by atoms with van der Waals surface area (Å²) in [6.07, 6.45) is 0. The molecule has 2 N–H and O–H groups in total. The van der Waals surface area contributed by atoms with Crippen molar-refractivity contribution in [3.63, 3.8) is 0 Å². The van der Waals surface area contributed by atoms with Crippen molar-refractivity contribution in [2.45, 2.75) is 22.8 Å². The third-order valence-electron chi connectivity index (χ3n) is 3.73. The molecular formula is C15H17ClN2O4S2. The fourth-order valence-corrected chi connectivity index (χ4v) is 4.12. The summed E-state index contributed by atoms with van der Waals surface area (Å²) in [5.41, 5.74) is 0.641. The maximum Gasteiger partial charge on any atom is 0.243 e. The van der Waals surface area contributed by atoms with Crippen LogP contribution in [0.5, 0.6) is 0 Å². The molecule has 0 aliphatic carbocycles. The van der Waals surface area contributed by atoms with Crippen molar-refractivity contribution in [1.29, 1.82) is 0 Å². The maximum atomic E-state index is 12.7. The Bertz CT molecular complexity index is 924. The van der Waals surface area contributed by atoms with E-state index in [0.29, 0.717) is 10.6 Å². The minimum atomic E-state index is -3.79. The van der Waals surface area contributed by atoms with Gasteiger partial charge in [-0.1, -0.05) is 23.7 Å². The number of nitrogens with zero attached hydrogens (tertiary/aromatic N) is 1. The fourth-order valence-electron chi connectivity index (χ4n) is 2.13. The Balaban J connectivity index is 2.31. The molecule has 130 valence electrons. The topological polar surface area (TPSA) is 97.5 Å². The summed E-state index contributed by atoms with van der Waals surface area (Å²) in [5, 5.41) is 5.50. The summed E-state index contributed by atoms with van der Waals surface area (Å²) >= 11 is 5.78. The number of hydrogen-bond acceptors (Lipinski definition) is 4. The molecule has 6 nitrogen and oxygen atoms in total. The molecule has 9 heteroatoms. The van der Waals surface area contributed by atoms with Gasteiger partial charge in [0.25, 0.3) is 0 Å². The molecule has 0 aliphatic heterocycles. The zero-order chi connectivity index (χ0) is 18.1. The van der Waals surface area contributed by atoms with Crippen LogP contribution in [0.1, 0.15) is 18.5 Å². The first-order chi connectivity index (χ1) is 11.0. The van der Waals surface area contributed by atoms with Gasteiger partial charge in [0.05, 0.1) is 9.79 Å². The largest absolute Gasteiger partial charge is 0.243 e. The number of rotatable bonds is 5. The van der Waals surface area contributed by atoms with Crippen molar-refractivity contribution in [3.8, 4) is 0 Å². The minimum absolute atomic E-state index is 0.0262. The second-order valence-electron chi connectivity index (χ2n) is 5.27. The Hall–Kier alpha value is -1.45. The number of primary sulfonamides is 1. The van der Waals surface area contributed by atoms with Gasteiger partial charge in [0.1, 0.15) is 0 Å². The van der Waals surface area contributed by atoms with Gasteiger partial charge in [-0.05, 0) is 48.9 Å². The van der Waals surface area contributed by atoms with E-state index in [1.807, 2.05) is 0 Å². The predicted molar refractivity (Wildman–Crippen MR) is 92.6 cm³/mol. The van der Waals surface area contributed by atoms with E-state index in [0.717, 1.165) is 0 Å². The van der Waals surface area contributed by atoms with Gasteiger partial charge in [-0.2, -0.15) is 4.31 Å². The van der Waals surface area contributed by atoms with Crippen LogP contribution < -0.4 is 5.14 Å². The van der Waals surface area contributed by atoms with E-state index in [4.69, 9.17) is 16.7 Å². The van der Waals surface area contributed by atoms with E-state index in [1.165, 1.54) is 59.9 Å². The quantitative estimate of drug-likeness (QED) is 0.850. The number of nitrogens with two attached hydrogens (primary N) is 1. The van der Waals surface area contributed by atoms with Crippen molar-refractivity contribution >= 4 is 31.6 Å². The third-order valence-corrected chi connectivity index (χ3v) is 6.85. The number of benzene rings is 2. The molecule has 2 aromatic carbocycles. The van der Waals surface area contributed by atoms with Crippen molar-refractivity contribution < 1.29 is 16.8 Å². The molecule has 0 bridgehead atoms. The Morgan fingerprint density at radius 1 is 0.917 bits per heavy atom. The van der Waals surface area contributed by atoms with Gasteiger partial charge in [-0.25, -0.2) is 22.0 Å². The Morgan fingerprint density at radius 3 is 1.83 bits per heavy atom. The lowest BCUT2D eigenvalue weighted by molar-refractivity contribution is 0.398. The molecule has 0 saturated carbocycles. The predicted octanol–water partition coefficient (Wildman–Crippen LogP) is 2.37. The van der Waals surface area contributed by atoms with Crippen molar-refractivity contribution in [1.82, 2.24) is 4.31 Å². The molecule has 2 rings (SSSR count). The van der Waals surface area contributed by atoms with Crippen molar-refractivity contribution in [2.24, 2.45) is 5.14 Å². The highest BCUT2D eigenvalue weighted by Crippen LogP contribution is 2.27. The molecule has 0 heterocycles. The molecule has 0 spiro atoms. The highest BCUT2D eigenvalue weighted by atomic mass is 35.5. The van der Waals surface area contributed by atoms with Crippen LogP contribution in [0.3, 0.4) is 0 Å². The molecule has 0 unspecified atom stereocenters. The van der Waals surface area contributed by atoms with Gasteiger partial charge in [-0.15, -0.1) is 0 Å². The van der Waals surface area contributed by atoms with E-state index < -0.39 is 26.1 Å². The Morgan fingerprint density at radius 2 is 1.38 bits per heavy atom. The molecular weight excluding hydrogens is 372 g/mol. The van der Waals surface area contributed by atoms with Crippen LogP contribution in [0.4, 0.5) is 0 Å². The molecule has 0 fully saturated rings. The monoisotopic (exact) mass is 388 g/mol. The van der Waals surface area contributed by atoms with Crippen LogP contribution in [-0.4, -0.2) is 28.2 Å². The SMILES string of the molecule is C[C@H](c1ccc(S(N)(=O)=O)cc1)N(C)S(=O)(=O)c1ccc(Cl)cc1. The lowest BCUT2D eigenvalue weighted by Gasteiger charge is -2.25. The van der Waals surface area contributed by atoms with Crippen LogP contribution >= 0.6 is 11.6 Å². The van der Waals surface area contributed by atoms with E-state index in [9.17, 15) is 16.8 Å². The summed E-state index contributed by atoms with van der Waals surface area (Å²) in [4.78, 5) is 0.101. The van der Waals surface area contributed by atoms with Crippen LogP contribution in [0.2, 0.25) is 5.02 Å². The van der Waals surface area contributed by atoms with Crippen LogP contribution in [-0.2, 0) is 20.0 Å². The average Bonchev–Trinajstić information content (AvgIpc) is 2.53.